The van der Waals surface area contributed by atoms with Crippen LogP contribution >= 0.6 is 0 Å². The lowest BCUT2D eigenvalue weighted by Gasteiger charge is -2.05. The zero-order chi connectivity index (χ0) is 20.6. The Labute approximate surface area is 173 Å². The van der Waals surface area contributed by atoms with Crippen LogP contribution in [0.4, 0.5) is 11.4 Å². The Morgan fingerprint density at radius 2 is 1.28 bits per heavy atom. The first-order valence-corrected chi connectivity index (χ1v) is 10.2. The number of allylic oxidation sites excluding steroid dienone is 1. The molecule has 0 saturated carbocycles. The smallest absolute Gasteiger partial charge is 0.224 e. The number of unbranched alkanes of at least 4 members (excludes halogenated alkanes) is 2. The van der Waals surface area contributed by atoms with Gasteiger partial charge in [0, 0.05) is 30.8 Å². The molecule has 5 nitrogen and oxygen atoms in total. The molecule has 0 atom stereocenters. The summed E-state index contributed by atoms with van der Waals surface area (Å²) in [5.74, 6) is 0.0615. The molecular weight excluding hydrogens is 364 g/mol. The number of rotatable bonds is 13. The van der Waals surface area contributed by atoms with Gasteiger partial charge in [0.15, 0.2) is 0 Å². The minimum absolute atomic E-state index is 0.00615. The van der Waals surface area contributed by atoms with Crippen LogP contribution in [-0.4, -0.2) is 25.0 Å². The second kappa shape index (κ2) is 14.1. The van der Waals surface area contributed by atoms with Crippen molar-refractivity contribution in [3.63, 3.8) is 0 Å². The molecule has 2 amide bonds. The van der Waals surface area contributed by atoms with Crippen LogP contribution in [0.2, 0.25) is 0 Å². The number of benzene rings is 2. The lowest BCUT2D eigenvalue weighted by Crippen LogP contribution is -2.12. The summed E-state index contributed by atoms with van der Waals surface area (Å²) in [4.78, 5) is 23.6. The van der Waals surface area contributed by atoms with E-state index in [9.17, 15) is 9.59 Å². The van der Waals surface area contributed by atoms with Gasteiger partial charge in [0.2, 0.25) is 11.8 Å². The van der Waals surface area contributed by atoms with Gasteiger partial charge >= 0.3 is 0 Å². The van der Waals surface area contributed by atoms with Crippen LogP contribution in [-0.2, 0) is 14.3 Å². The van der Waals surface area contributed by atoms with Gasteiger partial charge in [-0.15, -0.1) is 0 Å². The number of nitrogens with one attached hydrogen (secondary N) is 2. The lowest BCUT2D eigenvalue weighted by atomic mass is 10.2. The molecule has 0 aromatic heterocycles. The molecule has 0 unspecified atom stereocenters. The molecule has 2 aromatic rings. The Bertz CT molecular complexity index is 745. The molecular formula is C24H30N2O3. The summed E-state index contributed by atoms with van der Waals surface area (Å²) in [5, 5.41) is 5.75. The molecule has 29 heavy (non-hydrogen) atoms. The molecule has 2 aromatic carbocycles. The van der Waals surface area contributed by atoms with Crippen LogP contribution in [0.1, 0.15) is 38.5 Å². The predicted octanol–water partition coefficient (Wildman–Crippen LogP) is 5.18. The SMILES string of the molecule is O=C(CCCC/C=C/COCCCC(=O)Nc1ccccc1)Nc1ccccc1. The van der Waals surface area contributed by atoms with Crippen LogP contribution in [0, 0.1) is 0 Å². The van der Waals surface area contributed by atoms with Crippen molar-refractivity contribution in [1.82, 2.24) is 0 Å². The van der Waals surface area contributed by atoms with Crippen LogP contribution in [0.25, 0.3) is 0 Å². The number of anilines is 2. The van der Waals surface area contributed by atoms with Gasteiger partial charge in [-0.3, -0.25) is 9.59 Å². The maximum absolute atomic E-state index is 11.8. The van der Waals surface area contributed by atoms with E-state index < -0.39 is 0 Å². The van der Waals surface area contributed by atoms with Gasteiger partial charge in [0.05, 0.1) is 6.61 Å². The molecule has 0 bridgehead atoms. The topological polar surface area (TPSA) is 67.4 Å². The van der Waals surface area contributed by atoms with Crippen molar-refractivity contribution >= 4 is 23.2 Å². The zero-order valence-electron chi connectivity index (χ0n) is 16.8. The Morgan fingerprint density at radius 3 is 1.86 bits per heavy atom. The number of hydrogen-bond donors (Lipinski definition) is 2. The van der Waals surface area contributed by atoms with E-state index in [0.717, 1.165) is 30.6 Å². The summed E-state index contributed by atoms with van der Waals surface area (Å²) < 4.78 is 5.51. The molecule has 2 N–H and O–H groups in total. The van der Waals surface area contributed by atoms with Crippen molar-refractivity contribution in [3.8, 4) is 0 Å². The van der Waals surface area contributed by atoms with E-state index in [-0.39, 0.29) is 11.8 Å². The fraction of sp³-hybridized carbons (Fsp3) is 0.333. The molecule has 0 heterocycles. The van der Waals surface area contributed by atoms with Gasteiger partial charge in [-0.1, -0.05) is 48.6 Å². The van der Waals surface area contributed by atoms with Crippen molar-refractivity contribution in [3.05, 3.63) is 72.8 Å². The third kappa shape index (κ3) is 10.9. The Morgan fingerprint density at radius 1 is 0.724 bits per heavy atom. The van der Waals surface area contributed by atoms with Crippen LogP contribution in [0.3, 0.4) is 0 Å². The van der Waals surface area contributed by atoms with Gasteiger partial charge in [-0.05, 0) is 49.9 Å². The first kappa shape index (κ1) is 22.4. The molecule has 0 radical (unpaired) electrons. The molecule has 0 aliphatic heterocycles. The highest BCUT2D eigenvalue weighted by Crippen LogP contribution is 2.08. The second-order valence-electron chi connectivity index (χ2n) is 6.72. The van der Waals surface area contributed by atoms with Gasteiger partial charge in [0.25, 0.3) is 0 Å². The van der Waals surface area contributed by atoms with E-state index in [1.165, 1.54) is 0 Å². The maximum atomic E-state index is 11.8. The minimum Gasteiger partial charge on any atom is -0.377 e. The first-order chi connectivity index (χ1) is 14.2. The van der Waals surface area contributed by atoms with Gasteiger partial charge < -0.3 is 15.4 Å². The number of carbonyl (C=O) groups is 2. The monoisotopic (exact) mass is 394 g/mol. The molecule has 0 aliphatic rings. The summed E-state index contributed by atoms with van der Waals surface area (Å²) in [5.41, 5.74) is 1.66. The van der Waals surface area contributed by atoms with Crippen molar-refractivity contribution < 1.29 is 14.3 Å². The number of carbonyl (C=O) groups excluding carboxylic acids is 2. The van der Waals surface area contributed by atoms with Crippen LogP contribution < -0.4 is 10.6 Å². The van der Waals surface area contributed by atoms with Crippen molar-refractivity contribution in [2.45, 2.75) is 38.5 Å². The molecule has 0 aliphatic carbocycles. The minimum atomic E-state index is 0.00615. The third-order valence-electron chi connectivity index (χ3n) is 4.21. The summed E-state index contributed by atoms with van der Waals surface area (Å²) in [6.45, 7) is 1.11. The van der Waals surface area contributed by atoms with E-state index in [4.69, 9.17) is 4.74 Å². The number of hydrogen-bond acceptors (Lipinski definition) is 3. The Hall–Kier alpha value is -2.92. The van der Waals surface area contributed by atoms with E-state index in [1.54, 1.807) is 0 Å². The molecule has 5 heteroatoms. The molecule has 0 fully saturated rings. The summed E-state index contributed by atoms with van der Waals surface area (Å²) in [6, 6.07) is 18.9. The first-order valence-electron chi connectivity index (χ1n) is 10.2. The van der Waals surface area contributed by atoms with Crippen molar-refractivity contribution in [1.29, 1.82) is 0 Å². The van der Waals surface area contributed by atoms with E-state index in [1.807, 2.05) is 66.7 Å². The summed E-state index contributed by atoms with van der Waals surface area (Å²) in [6.07, 6.45) is 8.52. The second-order valence-corrected chi connectivity index (χ2v) is 6.72. The number of amides is 2. The maximum Gasteiger partial charge on any atom is 0.224 e. The fourth-order valence-electron chi connectivity index (χ4n) is 2.71. The highest BCUT2D eigenvalue weighted by molar-refractivity contribution is 5.91. The fourth-order valence-corrected chi connectivity index (χ4v) is 2.71. The standard InChI is InChI=1S/C24H30N2O3/c27-23(25-21-13-6-4-7-14-21)17-10-2-1-3-11-19-29-20-12-18-24(28)26-22-15-8-5-9-16-22/h3-9,11,13-16H,1-2,10,12,17-20H2,(H,25,27)(H,26,28)/b11-3+. The Kier molecular flexibility index (Phi) is 10.9. The third-order valence-corrected chi connectivity index (χ3v) is 4.21. The molecule has 0 saturated heterocycles. The Balaban J connectivity index is 1.40. The normalized spacial score (nSPS) is 10.8. The van der Waals surface area contributed by atoms with Gasteiger partial charge in [-0.25, -0.2) is 0 Å². The van der Waals surface area contributed by atoms with Crippen LogP contribution in [0.5, 0.6) is 0 Å². The van der Waals surface area contributed by atoms with E-state index in [2.05, 4.69) is 16.7 Å². The predicted molar refractivity (Wildman–Crippen MR) is 118 cm³/mol. The average molecular weight is 395 g/mol. The average Bonchev–Trinajstić information content (AvgIpc) is 2.73. The summed E-state index contributed by atoms with van der Waals surface area (Å²) >= 11 is 0. The highest BCUT2D eigenvalue weighted by atomic mass is 16.5. The van der Waals surface area contributed by atoms with Crippen molar-refractivity contribution in [2.75, 3.05) is 23.8 Å². The number of para-hydroxylation sites is 2. The molecule has 2 rings (SSSR count). The highest BCUT2D eigenvalue weighted by Gasteiger charge is 2.02. The molecule has 154 valence electrons. The largest absolute Gasteiger partial charge is 0.377 e. The van der Waals surface area contributed by atoms with E-state index in [0.29, 0.717) is 32.5 Å². The zero-order valence-corrected chi connectivity index (χ0v) is 16.8. The number of ether oxygens (including phenoxy) is 1. The summed E-state index contributed by atoms with van der Waals surface area (Å²) in [7, 11) is 0. The van der Waals surface area contributed by atoms with Gasteiger partial charge in [-0.2, -0.15) is 0 Å². The van der Waals surface area contributed by atoms with Crippen molar-refractivity contribution in [2.24, 2.45) is 0 Å². The quantitative estimate of drug-likeness (QED) is 0.363. The van der Waals surface area contributed by atoms with Gasteiger partial charge in [0.1, 0.15) is 0 Å². The van der Waals surface area contributed by atoms with Crippen LogP contribution in [0.15, 0.2) is 72.8 Å². The lowest BCUT2D eigenvalue weighted by molar-refractivity contribution is -0.117. The molecule has 0 spiro atoms. The van der Waals surface area contributed by atoms with E-state index >= 15 is 0 Å².